The van der Waals surface area contributed by atoms with Crippen LogP contribution in [0.25, 0.3) is 0 Å². The van der Waals surface area contributed by atoms with Gasteiger partial charge < -0.3 is 10.1 Å². The Hall–Kier alpha value is -1.98. The molecule has 1 aromatic carbocycles. The molecule has 1 heterocycles. The van der Waals surface area contributed by atoms with Crippen molar-refractivity contribution < 1.29 is 14.3 Å². The molecule has 1 atom stereocenters. The van der Waals surface area contributed by atoms with Crippen LogP contribution in [0.3, 0.4) is 0 Å². The van der Waals surface area contributed by atoms with Crippen LogP contribution >= 0.6 is 11.3 Å². The topological polar surface area (TPSA) is 55.4 Å². The zero-order valence-corrected chi connectivity index (χ0v) is 14.2. The zero-order chi connectivity index (χ0) is 16.7. The van der Waals surface area contributed by atoms with Crippen molar-refractivity contribution in [2.45, 2.75) is 26.4 Å². The lowest BCUT2D eigenvalue weighted by Gasteiger charge is -2.13. The molecule has 0 bridgehead atoms. The summed E-state index contributed by atoms with van der Waals surface area (Å²) >= 11 is 1.22. The average Bonchev–Trinajstić information content (AvgIpc) is 3.05. The second-order valence-electron chi connectivity index (χ2n) is 5.25. The van der Waals surface area contributed by atoms with E-state index in [1.54, 1.807) is 12.1 Å². The molecule has 0 unspecified atom stereocenters. The van der Waals surface area contributed by atoms with E-state index in [-0.39, 0.29) is 17.8 Å². The fourth-order valence-corrected chi connectivity index (χ4v) is 2.91. The van der Waals surface area contributed by atoms with E-state index < -0.39 is 0 Å². The summed E-state index contributed by atoms with van der Waals surface area (Å²) in [5, 5.41) is 2.84. The van der Waals surface area contributed by atoms with Crippen molar-refractivity contribution in [3.63, 3.8) is 0 Å². The fourth-order valence-electron chi connectivity index (χ4n) is 2.09. The molecular weight excluding hydrogens is 310 g/mol. The summed E-state index contributed by atoms with van der Waals surface area (Å²) < 4.78 is 5.76. The molecule has 1 aromatic heterocycles. The van der Waals surface area contributed by atoms with Crippen LogP contribution in [0.15, 0.2) is 42.5 Å². The Balaban J connectivity index is 1.67. The summed E-state index contributed by atoms with van der Waals surface area (Å²) in [5.41, 5.74) is 1.15. The van der Waals surface area contributed by atoms with Crippen LogP contribution in [0.1, 0.15) is 51.3 Å². The Morgan fingerprint density at radius 2 is 1.83 bits per heavy atom. The van der Waals surface area contributed by atoms with E-state index in [2.05, 4.69) is 5.32 Å². The van der Waals surface area contributed by atoms with Gasteiger partial charge in [-0.25, -0.2) is 0 Å². The van der Waals surface area contributed by atoms with Crippen molar-refractivity contribution in [2.24, 2.45) is 0 Å². The second-order valence-corrected chi connectivity index (χ2v) is 6.34. The minimum Gasteiger partial charge on any atom is -0.374 e. The first-order valence-corrected chi connectivity index (χ1v) is 8.45. The molecule has 0 saturated heterocycles. The first-order chi connectivity index (χ1) is 11.1. The summed E-state index contributed by atoms with van der Waals surface area (Å²) in [6.07, 6.45) is 0.788. The maximum atomic E-state index is 11.9. The molecule has 1 amide bonds. The molecule has 2 rings (SSSR count). The van der Waals surface area contributed by atoms with Gasteiger partial charge in [0.1, 0.15) is 0 Å². The third kappa shape index (κ3) is 5.30. The Morgan fingerprint density at radius 1 is 1.13 bits per heavy atom. The number of carbonyl (C=O) groups excluding carboxylic acids is 2. The fraction of sp³-hybridized carbons (Fsp3) is 0.333. The SMILES string of the molecule is CC(=O)c1ccc(C(=O)NCCCO[C@@H](C)c2ccccc2)s1. The largest absolute Gasteiger partial charge is 0.374 e. The lowest BCUT2D eigenvalue weighted by Crippen LogP contribution is -2.24. The lowest BCUT2D eigenvalue weighted by molar-refractivity contribution is 0.0635. The predicted octanol–water partition coefficient (Wildman–Crippen LogP) is 3.85. The van der Waals surface area contributed by atoms with Gasteiger partial charge in [-0.05, 0) is 38.0 Å². The molecule has 0 spiro atoms. The number of hydrogen-bond acceptors (Lipinski definition) is 4. The maximum absolute atomic E-state index is 11.9. The monoisotopic (exact) mass is 331 g/mol. The van der Waals surface area contributed by atoms with E-state index in [4.69, 9.17) is 4.74 Å². The van der Waals surface area contributed by atoms with Gasteiger partial charge in [0.05, 0.1) is 15.9 Å². The molecule has 1 N–H and O–H groups in total. The molecule has 0 aliphatic heterocycles. The van der Waals surface area contributed by atoms with Crippen molar-refractivity contribution in [3.05, 3.63) is 57.8 Å². The summed E-state index contributed by atoms with van der Waals surface area (Å²) in [7, 11) is 0. The number of ether oxygens (including phenoxy) is 1. The molecule has 122 valence electrons. The van der Waals surface area contributed by atoms with Crippen LogP contribution in [0, 0.1) is 0 Å². The van der Waals surface area contributed by atoms with Crippen molar-refractivity contribution in [1.29, 1.82) is 0 Å². The predicted molar refractivity (Wildman–Crippen MR) is 92.1 cm³/mol. The summed E-state index contributed by atoms with van der Waals surface area (Å²) in [6.45, 7) is 4.65. The molecule has 2 aromatic rings. The molecule has 23 heavy (non-hydrogen) atoms. The normalized spacial score (nSPS) is 11.9. The smallest absolute Gasteiger partial charge is 0.261 e. The minimum atomic E-state index is -0.140. The van der Waals surface area contributed by atoms with Gasteiger partial charge in [0.25, 0.3) is 5.91 Å². The number of hydrogen-bond donors (Lipinski definition) is 1. The van der Waals surface area contributed by atoms with Crippen LogP contribution in [-0.2, 0) is 4.74 Å². The highest BCUT2D eigenvalue weighted by atomic mass is 32.1. The van der Waals surface area contributed by atoms with Crippen LogP contribution in [-0.4, -0.2) is 24.8 Å². The number of ketones is 1. The number of rotatable bonds is 8. The molecule has 0 saturated carbocycles. The van der Waals surface area contributed by atoms with Gasteiger partial charge in [0.15, 0.2) is 5.78 Å². The maximum Gasteiger partial charge on any atom is 0.261 e. The first kappa shape index (κ1) is 17.4. The number of thiophene rings is 1. The molecule has 0 aliphatic carbocycles. The second kappa shape index (κ2) is 8.60. The average molecular weight is 331 g/mol. The third-order valence-electron chi connectivity index (χ3n) is 3.42. The van der Waals surface area contributed by atoms with Gasteiger partial charge in [-0.1, -0.05) is 30.3 Å². The van der Waals surface area contributed by atoms with Crippen molar-refractivity contribution in [1.82, 2.24) is 5.32 Å². The highest BCUT2D eigenvalue weighted by Gasteiger charge is 2.11. The summed E-state index contributed by atoms with van der Waals surface area (Å²) in [5.74, 6) is -0.157. The number of carbonyl (C=O) groups is 2. The van der Waals surface area contributed by atoms with Crippen LogP contribution < -0.4 is 5.32 Å². The van der Waals surface area contributed by atoms with Crippen LogP contribution in [0.5, 0.6) is 0 Å². The highest BCUT2D eigenvalue weighted by molar-refractivity contribution is 7.15. The van der Waals surface area contributed by atoms with Gasteiger partial charge in [-0.2, -0.15) is 0 Å². The van der Waals surface area contributed by atoms with Crippen LogP contribution in [0.4, 0.5) is 0 Å². The number of nitrogens with one attached hydrogen (secondary N) is 1. The van der Waals surface area contributed by atoms with Crippen LogP contribution in [0.2, 0.25) is 0 Å². The zero-order valence-electron chi connectivity index (χ0n) is 13.4. The van der Waals surface area contributed by atoms with Crippen molar-refractivity contribution in [3.8, 4) is 0 Å². The highest BCUT2D eigenvalue weighted by Crippen LogP contribution is 2.17. The van der Waals surface area contributed by atoms with E-state index in [0.717, 1.165) is 12.0 Å². The van der Waals surface area contributed by atoms with E-state index in [0.29, 0.717) is 22.9 Å². The van der Waals surface area contributed by atoms with E-state index in [9.17, 15) is 9.59 Å². The van der Waals surface area contributed by atoms with Gasteiger partial charge in [0.2, 0.25) is 0 Å². The lowest BCUT2D eigenvalue weighted by atomic mass is 10.1. The molecular formula is C18H21NO3S. The molecule has 4 nitrogen and oxygen atoms in total. The Kier molecular flexibility index (Phi) is 6.50. The summed E-state index contributed by atoms with van der Waals surface area (Å²) in [6, 6.07) is 13.4. The van der Waals surface area contributed by atoms with E-state index >= 15 is 0 Å². The molecule has 0 fully saturated rings. The first-order valence-electron chi connectivity index (χ1n) is 7.63. The molecule has 5 heteroatoms. The Morgan fingerprint density at radius 3 is 2.48 bits per heavy atom. The number of amides is 1. The standard InChI is InChI=1S/C18H21NO3S/c1-13(20)16-9-10-17(23-16)18(21)19-11-6-12-22-14(2)15-7-4-3-5-8-15/h3-5,7-10,14H,6,11-12H2,1-2H3,(H,19,21)/t14-/m0/s1. The number of Topliss-reactive ketones (excluding diaryl/α,β-unsaturated/α-hetero) is 1. The minimum absolute atomic E-state index is 0.0163. The third-order valence-corrected chi connectivity index (χ3v) is 4.61. The number of benzene rings is 1. The van der Waals surface area contributed by atoms with Gasteiger partial charge >= 0.3 is 0 Å². The summed E-state index contributed by atoms with van der Waals surface area (Å²) in [4.78, 5) is 24.3. The quantitative estimate of drug-likeness (QED) is 0.590. The Bertz CT molecular complexity index is 651. The van der Waals surface area contributed by atoms with Crippen molar-refractivity contribution >= 4 is 23.0 Å². The van der Waals surface area contributed by atoms with Crippen molar-refractivity contribution in [2.75, 3.05) is 13.2 Å². The van der Waals surface area contributed by atoms with Gasteiger partial charge in [-0.15, -0.1) is 11.3 Å². The van der Waals surface area contributed by atoms with Gasteiger partial charge in [-0.3, -0.25) is 9.59 Å². The molecule has 0 aliphatic rings. The van der Waals surface area contributed by atoms with Gasteiger partial charge in [0, 0.05) is 13.2 Å². The van der Waals surface area contributed by atoms with E-state index in [1.807, 2.05) is 37.3 Å². The molecule has 0 radical (unpaired) electrons. The Labute approximate surface area is 140 Å². The van der Waals surface area contributed by atoms with E-state index in [1.165, 1.54) is 18.3 Å².